The number of amides is 1. The number of nitrogens with one attached hydrogen (secondary N) is 1. The summed E-state index contributed by atoms with van der Waals surface area (Å²) in [6, 6.07) is 16.6. The van der Waals surface area contributed by atoms with E-state index in [1.165, 1.54) is 6.07 Å². The Labute approximate surface area is 184 Å². The summed E-state index contributed by atoms with van der Waals surface area (Å²) in [6.07, 6.45) is -3.52. The van der Waals surface area contributed by atoms with Gasteiger partial charge in [-0.15, -0.1) is 0 Å². The summed E-state index contributed by atoms with van der Waals surface area (Å²) in [5.74, 6) is 0.471. The van der Waals surface area contributed by atoms with Gasteiger partial charge in [-0.3, -0.25) is 9.69 Å². The maximum absolute atomic E-state index is 12.7. The number of benzene rings is 2. The normalized spacial score (nSPS) is 16.2. The topological polar surface area (TPSA) is 48.5 Å². The molecule has 4 rings (SSSR count). The Hall–Kier alpha value is -3.13. The molecule has 0 aliphatic carbocycles. The van der Waals surface area contributed by atoms with E-state index in [0.29, 0.717) is 32.0 Å². The molecule has 1 saturated heterocycles. The third kappa shape index (κ3) is 5.19. The van der Waals surface area contributed by atoms with Gasteiger partial charge in [-0.05, 0) is 41.5 Å². The van der Waals surface area contributed by atoms with E-state index in [9.17, 15) is 18.0 Å². The van der Waals surface area contributed by atoms with E-state index in [1.54, 1.807) is 0 Å². The monoisotopic (exact) mass is 442 g/mol. The summed E-state index contributed by atoms with van der Waals surface area (Å²) < 4.78 is 38.1. The van der Waals surface area contributed by atoms with E-state index >= 15 is 0 Å². The number of aromatic nitrogens is 1. The van der Waals surface area contributed by atoms with E-state index in [2.05, 4.69) is 34.6 Å². The minimum absolute atomic E-state index is 0.0493. The van der Waals surface area contributed by atoms with Crippen LogP contribution in [0.2, 0.25) is 0 Å². The Bertz CT molecular complexity index is 1080. The van der Waals surface area contributed by atoms with Crippen molar-refractivity contribution in [2.24, 2.45) is 0 Å². The Morgan fingerprint density at radius 2 is 1.75 bits per heavy atom. The molecular weight excluding hydrogens is 417 g/mol. The van der Waals surface area contributed by atoms with Gasteiger partial charge in [-0.1, -0.05) is 36.4 Å². The average molecular weight is 442 g/mol. The SMILES string of the molecule is CC(NC(=O)CN1CCN(c2ccc(C(F)(F)F)cn2)CC1)c1ccc2ccccc2c1. The average Bonchev–Trinajstić information content (AvgIpc) is 2.78. The first-order chi connectivity index (χ1) is 15.3. The number of nitrogens with zero attached hydrogens (tertiary/aromatic N) is 3. The first-order valence-corrected chi connectivity index (χ1v) is 10.6. The second-order valence-electron chi connectivity index (χ2n) is 8.06. The molecule has 2 aromatic carbocycles. The van der Waals surface area contributed by atoms with Crippen LogP contribution in [-0.4, -0.2) is 48.5 Å². The number of pyridine rings is 1. The van der Waals surface area contributed by atoms with Crippen molar-refractivity contribution in [3.8, 4) is 0 Å². The minimum atomic E-state index is -4.39. The van der Waals surface area contributed by atoms with E-state index in [4.69, 9.17) is 0 Å². The Morgan fingerprint density at radius 1 is 1.03 bits per heavy atom. The highest BCUT2D eigenvalue weighted by Crippen LogP contribution is 2.29. The van der Waals surface area contributed by atoms with Gasteiger partial charge in [-0.25, -0.2) is 4.98 Å². The molecule has 3 aromatic rings. The van der Waals surface area contributed by atoms with Crippen LogP contribution >= 0.6 is 0 Å². The molecule has 1 aliphatic heterocycles. The summed E-state index contributed by atoms with van der Waals surface area (Å²) >= 11 is 0. The van der Waals surface area contributed by atoms with Gasteiger partial charge in [0.15, 0.2) is 0 Å². The lowest BCUT2D eigenvalue weighted by atomic mass is 10.0. The highest BCUT2D eigenvalue weighted by Gasteiger charge is 2.31. The van der Waals surface area contributed by atoms with Crippen LogP contribution in [0.25, 0.3) is 10.8 Å². The molecule has 1 aromatic heterocycles. The van der Waals surface area contributed by atoms with Crippen molar-refractivity contribution >= 4 is 22.5 Å². The molecule has 168 valence electrons. The fourth-order valence-electron chi connectivity index (χ4n) is 3.93. The van der Waals surface area contributed by atoms with Crippen molar-refractivity contribution in [1.82, 2.24) is 15.2 Å². The number of carbonyl (C=O) groups excluding carboxylic acids is 1. The summed E-state index contributed by atoms with van der Waals surface area (Å²) in [6.45, 7) is 4.74. The van der Waals surface area contributed by atoms with E-state index < -0.39 is 11.7 Å². The maximum Gasteiger partial charge on any atom is 0.417 e. The lowest BCUT2D eigenvalue weighted by Crippen LogP contribution is -2.49. The van der Waals surface area contributed by atoms with Crippen LogP contribution in [0.4, 0.5) is 19.0 Å². The predicted molar refractivity (Wildman–Crippen MR) is 118 cm³/mol. The third-order valence-electron chi connectivity index (χ3n) is 5.79. The Kier molecular flexibility index (Phi) is 6.32. The molecule has 2 heterocycles. The summed E-state index contributed by atoms with van der Waals surface area (Å²) in [4.78, 5) is 20.5. The number of piperazine rings is 1. The number of hydrogen-bond acceptors (Lipinski definition) is 4. The van der Waals surface area contributed by atoms with Gasteiger partial charge in [0.1, 0.15) is 5.82 Å². The van der Waals surface area contributed by atoms with Gasteiger partial charge in [0.05, 0.1) is 18.2 Å². The van der Waals surface area contributed by atoms with Crippen molar-refractivity contribution in [2.75, 3.05) is 37.6 Å². The zero-order valence-electron chi connectivity index (χ0n) is 17.8. The molecule has 0 bridgehead atoms. The summed E-state index contributed by atoms with van der Waals surface area (Å²) in [5, 5.41) is 5.36. The lowest BCUT2D eigenvalue weighted by molar-refractivity contribution is -0.137. The largest absolute Gasteiger partial charge is 0.417 e. The van der Waals surface area contributed by atoms with Crippen molar-refractivity contribution in [3.05, 3.63) is 71.9 Å². The number of carbonyl (C=O) groups is 1. The second-order valence-corrected chi connectivity index (χ2v) is 8.06. The number of anilines is 1. The van der Waals surface area contributed by atoms with Crippen LogP contribution in [0.1, 0.15) is 24.1 Å². The zero-order chi connectivity index (χ0) is 22.7. The highest BCUT2D eigenvalue weighted by atomic mass is 19.4. The predicted octanol–water partition coefficient (Wildman–Crippen LogP) is 4.25. The molecule has 1 unspecified atom stereocenters. The molecule has 5 nitrogen and oxygen atoms in total. The molecule has 1 fully saturated rings. The standard InChI is InChI=1S/C24H25F3N4O/c1-17(19-7-6-18-4-2-3-5-20(18)14-19)29-23(32)16-30-10-12-31(13-11-30)22-9-8-21(15-28-22)24(25,26)27/h2-9,14-15,17H,10-13,16H2,1H3,(H,29,32). The fraction of sp³-hybridized carbons (Fsp3) is 0.333. The number of rotatable bonds is 5. The Morgan fingerprint density at radius 3 is 2.41 bits per heavy atom. The molecule has 32 heavy (non-hydrogen) atoms. The van der Waals surface area contributed by atoms with Gasteiger partial charge in [-0.2, -0.15) is 13.2 Å². The summed E-state index contributed by atoms with van der Waals surface area (Å²) in [5.41, 5.74) is 0.298. The highest BCUT2D eigenvalue weighted by molar-refractivity contribution is 5.83. The molecule has 0 radical (unpaired) electrons. The molecule has 1 amide bonds. The summed E-state index contributed by atoms with van der Waals surface area (Å²) in [7, 11) is 0. The number of fused-ring (bicyclic) bond motifs is 1. The molecule has 0 spiro atoms. The van der Waals surface area contributed by atoms with Crippen LogP contribution in [-0.2, 0) is 11.0 Å². The van der Waals surface area contributed by atoms with E-state index in [0.717, 1.165) is 28.6 Å². The number of alkyl halides is 3. The number of halogens is 3. The molecule has 1 atom stereocenters. The van der Waals surface area contributed by atoms with Gasteiger partial charge >= 0.3 is 6.18 Å². The minimum Gasteiger partial charge on any atom is -0.354 e. The second kappa shape index (κ2) is 9.16. The number of hydrogen-bond donors (Lipinski definition) is 1. The van der Waals surface area contributed by atoms with Gasteiger partial charge in [0.25, 0.3) is 0 Å². The lowest BCUT2D eigenvalue weighted by Gasteiger charge is -2.35. The van der Waals surface area contributed by atoms with Crippen LogP contribution in [0.5, 0.6) is 0 Å². The molecule has 0 saturated carbocycles. The van der Waals surface area contributed by atoms with E-state index in [1.807, 2.05) is 34.9 Å². The van der Waals surface area contributed by atoms with Crippen molar-refractivity contribution in [2.45, 2.75) is 19.1 Å². The zero-order valence-corrected chi connectivity index (χ0v) is 17.8. The van der Waals surface area contributed by atoms with Crippen LogP contribution in [0.3, 0.4) is 0 Å². The first kappa shape index (κ1) is 22.1. The van der Waals surface area contributed by atoms with Crippen LogP contribution in [0.15, 0.2) is 60.8 Å². The van der Waals surface area contributed by atoms with Crippen molar-refractivity contribution in [3.63, 3.8) is 0 Å². The molecular formula is C24H25F3N4O. The maximum atomic E-state index is 12.7. The third-order valence-corrected chi connectivity index (χ3v) is 5.79. The molecule has 1 aliphatic rings. The quantitative estimate of drug-likeness (QED) is 0.642. The van der Waals surface area contributed by atoms with Crippen molar-refractivity contribution in [1.29, 1.82) is 0 Å². The van der Waals surface area contributed by atoms with Crippen LogP contribution in [0, 0.1) is 0 Å². The fourth-order valence-corrected chi connectivity index (χ4v) is 3.93. The first-order valence-electron chi connectivity index (χ1n) is 10.6. The molecule has 1 N–H and O–H groups in total. The van der Waals surface area contributed by atoms with Crippen LogP contribution < -0.4 is 10.2 Å². The Balaban J connectivity index is 1.27. The van der Waals surface area contributed by atoms with E-state index in [-0.39, 0.29) is 18.5 Å². The van der Waals surface area contributed by atoms with Gasteiger partial charge < -0.3 is 10.2 Å². The smallest absolute Gasteiger partial charge is 0.354 e. The van der Waals surface area contributed by atoms with Gasteiger partial charge in [0.2, 0.25) is 5.91 Å². The van der Waals surface area contributed by atoms with Gasteiger partial charge in [0, 0.05) is 32.4 Å². The van der Waals surface area contributed by atoms with Crippen molar-refractivity contribution < 1.29 is 18.0 Å². The molecule has 8 heteroatoms.